The lowest BCUT2D eigenvalue weighted by molar-refractivity contribution is 0.177. The first-order chi connectivity index (χ1) is 11.7. The average Bonchev–Trinajstić information content (AvgIpc) is 2.66. The van der Waals surface area contributed by atoms with Crippen LogP contribution >= 0.6 is 0 Å². The van der Waals surface area contributed by atoms with Gasteiger partial charge < -0.3 is 0 Å². The molecule has 1 nitrogen and oxygen atoms in total. The van der Waals surface area contributed by atoms with Crippen molar-refractivity contribution in [1.29, 1.82) is 0 Å². The summed E-state index contributed by atoms with van der Waals surface area (Å²) < 4.78 is 0. The minimum atomic E-state index is -0.136. The van der Waals surface area contributed by atoms with Gasteiger partial charge in [-0.2, -0.15) is 0 Å². The highest BCUT2D eigenvalue weighted by Gasteiger charge is 2.29. The largest absolute Gasteiger partial charge is 0.232 e. The van der Waals surface area contributed by atoms with Crippen molar-refractivity contribution in [3.8, 4) is 0 Å². The molecule has 0 aromatic heterocycles. The molecule has 0 aliphatic heterocycles. The minimum Gasteiger partial charge on any atom is -0.232 e. The second-order valence-corrected chi connectivity index (χ2v) is 7.38. The lowest BCUT2D eigenvalue weighted by Gasteiger charge is -2.35. The van der Waals surface area contributed by atoms with Gasteiger partial charge in [0.25, 0.3) is 0 Å². The Morgan fingerprint density at radius 1 is 0.958 bits per heavy atom. The van der Waals surface area contributed by atoms with Gasteiger partial charge in [-0.1, -0.05) is 56.3 Å². The van der Waals surface area contributed by atoms with E-state index in [9.17, 15) is 5.11 Å². The van der Waals surface area contributed by atoms with Crippen molar-refractivity contribution in [2.75, 3.05) is 0 Å². The lowest BCUT2D eigenvalue weighted by Crippen LogP contribution is -2.31. The fraction of sp³-hybridized carbons (Fsp3) is 0.391. The lowest BCUT2D eigenvalue weighted by atomic mass is 9.70. The molecule has 0 fully saturated rings. The van der Waals surface area contributed by atoms with Crippen LogP contribution in [0.15, 0.2) is 30.3 Å². The van der Waals surface area contributed by atoms with E-state index < -0.39 is 0 Å². The maximum absolute atomic E-state index is 11.5. The number of fused-ring (bicyclic) bond motifs is 4. The Kier molecular flexibility index (Phi) is 3.85. The first-order valence-corrected chi connectivity index (χ1v) is 9.23. The normalized spacial score (nSPS) is 17.1. The van der Waals surface area contributed by atoms with Gasteiger partial charge in [0.1, 0.15) is 6.61 Å². The van der Waals surface area contributed by atoms with Crippen LogP contribution in [-0.4, -0.2) is 0 Å². The van der Waals surface area contributed by atoms with Crippen LogP contribution in [0.1, 0.15) is 49.8 Å². The van der Waals surface area contributed by atoms with Gasteiger partial charge in [0, 0.05) is 0 Å². The Labute approximate surface area is 143 Å². The molecule has 0 atom stereocenters. The molecule has 0 saturated heterocycles. The van der Waals surface area contributed by atoms with E-state index in [2.05, 4.69) is 44.2 Å². The predicted molar refractivity (Wildman–Crippen MR) is 98.2 cm³/mol. The standard InChI is InChI=1S/C23H25O/c1-3-23(4-2)13-12-16-8-9-20-19-7-5-6-17(15-24)18(19)10-11-21(20)22(16)14-23/h5-10,12H,3-4,11,13-15H2,1-2H3. The van der Waals surface area contributed by atoms with Gasteiger partial charge in [-0.25, -0.2) is 5.11 Å². The maximum Gasteiger partial charge on any atom is 0.108 e. The summed E-state index contributed by atoms with van der Waals surface area (Å²) in [4.78, 5) is 0. The van der Waals surface area contributed by atoms with E-state index >= 15 is 0 Å². The molecule has 123 valence electrons. The van der Waals surface area contributed by atoms with Crippen LogP contribution in [0, 0.1) is 15.9 Å². The number of hydrogen-bond donors (Lipinski definition) is 0. The first-order valence-electron chi connectivity index (χ1n) is 9.23. The van der Waals surface area contributed by atoms with Gasteiger partial charge in [-0.15, -0.1) is 0 Å². The highest BCUT2D eigenvalue weighted by atomic mass is 16.3. The van der Waals surface area contributed by atoms with Gasteiger partial charge in [0.05, 0.1) is 0 Å². The van der Waals surface area contributed by atoms with E-state index in [0.717, 1.165) is 17.2 Å². The van der Waals surface area contributed by atoms with Crippen LogP contribution < -0.4 is 10.4 Å². The molecular weight excluding hydrogens is 292 g/mol. The first kappa shape index (κ1) is 15.7. The Bertz CT molecular complexity index is 994. The minimum absolute atomic E-state index is 0.136. The van der Waals surface area contributed by atoms with Crippen molar-refractivity contribution >= 4 is 12.2 Å². The van der Waals surface area contributed by atoms with Crippen molar-refractivity contribution in [2.24, 2.45) is 5.41 Å². The van der Waals surface area contributed by atoms with E-state index in [1.165, 1.54) is 46.9 Å². The third-order valence-corrected chi connectivity index (χ3v) is 6.43. The number of benzene rings is 2. The fourth-order valence-corrected chi connectivity index (χ4v) is 4.58. The summed E-state index contributed by atoms with van der Waals surface area (Å²) in [6.07, 6.45) is 10.6. The van der Waals surface area contributed by atoms with Crippen LogP contribution in [-0.2, 0) is 24.6 Å². The van der Waals surface area contributed by atoms with E-state index in [-0.39, 0.29) is 6.61 Å². The van der Waals surface area contributed by atoms with Crippen LogP contribution in [0.25, 0.3) is 12.2 Å². The Morgan fingerprint density at radius 2 is 1.79 bits per heavy atom. The highest BCUT2D eigenvalue weighted by molar-refractivity contribution is 5.49. The molecule has 0 amide bonds. The molecule has 0 N–H and O–H groups in total. The molecule has 0 heterocycles. The van der Waals surface area contributed by atoms with Crippen LogP contribution in [0.3, 0.4) is 0 Å². The molecule has 2 aromatic rings. The third kappa shape index (κ3) is 2.26. The molecule has 1 radical (unpaired) electrons. The van der Waals surface area contributed by atoms with Crippen molar-refractivity contribution in [2.45, 2.75) is 52.6 Å². The molecule has 2 aliphatic rings. The molecule has 1 heteroatoms. The van der Waals surface area contributed by atoms with Crippen LogP contribution in [0.2, 0.25) is 0 Å². The van der Waals surface area contributed by atoms with E-state index in [1.54, 1.807) is 5.56 Å². The quantitative estimate of drug-likeness (QED) is 0.821. The SMILES string of the molecule is CCC1(CC)CC=c2ccc3c(c2C1)CC=c1c(C[O])cccc1=3. The topological polar surface area (TPSA) is 19.9 Å². The predicted octanol–water partition coefficient (Wildman–Crippen LogP) is 3.77. The Morgan fingerprint density at radius 3 is 2.54 bits per heavy atom. The van der Waals surface area contributed by atoms with Crippen molar-refractivity contribution < 1.29 is 5.11 Å². The summed E-state index contributed by atoms with van der Waals surface area (Å²) >= 11 is 0. The Hall–Kier alpha value is -1.86. The third-order valence-electron chi connectivity index (χ3n) is 6.43. The van der Waals surface area contributed by atoms with E-state index in [0.29, 0.717) is 5.41 Å². The van der Waals surface area contributed by atoms with Gasteiger partial charge in [-0.05, 0) is 75.1 Å². The highest BCUT2D eigenvalue weighted by Crippen LogP contribution is 2.37. The molecule has 2 aromatic carbocycles. The molecular formula is C23H25O. The summed E-state index contributed by atoms with van der Waals surface area (Å²) in [6.45, 7) is 4.53. The Balaban J connectivity index is 2.04. The summed E-state index contributed by atoms with van der Waals surface area (Å²) in [6, 6.07) is 10.7. The van der Waals surface area contributed by atoms with Crippen LogP contribution in [0.4, 0.5) is 0 Å². The van der Waals surface area contributed by atoms with Crippen molar-refractivity contribution in [1.82, 2.24) is 0 Å². The molecule has 2 aliphatic carbocycles. The summed E-state index contributed by atoms with van der Waals surface area (Å²) in [7, 11) is 0. The van der Waals surface area contributed by atoms with Crippen molar-refractivity contribution in [3.05, 3.63) is 67.9 Å². The average molecular weight is 317 g/mol. The molecule has 24 heavy (non-hydrogen) atoms. The molecule has 0 spiro atoms. The monoisotopic (exact) mass is 317 g/mol. The van der Waals surface area contributed by atoms with Gasteiger partial charge in [-0.3, -0.25) is 0 Å². The molecule has 0 unspecified atom stereocenters. The summed E-state index contributed by atoms with van der Waals surface area (Å²) in [5.41, 5.74) is 4.40. The van der Waals surface area contributed by atoms with Crippen LogP contribution in [0.5, 0.6) is 0 Å². The zero-order valence-corrected chi connectivity index (χ0v) is 14.7. The van der Waals surface area contributed by atoms with Gasteiger partial charge >= 0.3 is 0 Å². The molecule has 0 saturated carbocycles. The second kappa shape index (κ2) is 5.89. The van der Waals surface area contributed by atoms with Gasteiger partial charge in [0.2, 0.25) is 0 Å². The van der Waals surface area contributed by atoms with E-state index in [1.807, 2.05) is 12.1 Å². The number of rotatable bonds is 3. The summed E-state index contributed by atoms with van der Waals surface area (Å²) in [5, 5.41) is 16.7. The number of hydrogen-bond acceptors (Lipinski definition) is 0. The molecule has 0 bridgehead atoms. The fourth-order valence-electron chi connectivity index (χ4n) is 4.58. The second-order valence-electron chi connectivity index (χ2n) is 7.38. The zero-order valence-electron chi connectivity index (χ0n) is 14.7. The van der Waals surface area contributed by atoms with Gasteiger partial charge in [0.15, 0.2) is 0 Å². The van der Waals surface area contributed by atoms with E-state index in [4.69, 9.17) is 0 Å². The zero-order chi connectivity index (χ0) is 16.7. The molecule has 4 rings (SSSR count). The summed E-state index contributed by atoms with van der Waals surface area (Å²) in [5.74, 6) is 0. The van der Waals surface area contributed by atoms with Crippen molar-refractivity contribution in [3.63, 3.8) is 0 Å². The smallest absolute Gasteiger partial charge is 0.108 e. The maximum atomic E-state index is 11.5.